The third-order valence-electron chi connectivity index (χ3n) is 1.84. The predicted molar refractivity (Wildman–Crippen MR) is 62.5 cm³/mol. The van der Waals surface area contributed by atoms with Crippen molar-refractivity contribution in [2.75, 3.05) is 0 Å². The standard InChI is InChI=1S/C9H12N2O2.2ClH/c1-9(10,5-8(12)13)7-3-2-4-11-6-7;;/h2-4,6H,5,10H2,1H3,(H,12,13);2*1H. The van der Waals surface area contributed by atoms with Crippen LogP contribution in [0.3, 0.4) is 0 Å². The van der Waals surface area contributed by atoms with Gasteiger partial charge in [-0.3, -0.25) is 9.78 Å². The zero-order valence-electron chi connectivity index (χ0n) is 8.21. The van der Waals surface area contributed by atoms with E-state index in [0.717, 1.165) is 5.56 Å². The maximum Gasteiger partial charge on any atom is 0.305 e. The molecule has 86 valence electrons. The average molecular weight is 253 g/mol. The third kappa shape index (κ3) is 4.97. The predicted octanol–water partition coefficient (Wildman–Crippen LogP) is 1.57. The van der Waals surface area contributed by atoms with Crippen LogP contribution in [0.15, 0.2) is 24.5 Å². The molecule has 0 bridgehead atoms. The molecule has 1 atom stereocenters. The molecule has 0 saturated heterocycles. The van der Waals surface area contributed by atoms with Crippen molar-refractivity contribution in [3.05, 3.63) is 30.1 Å². The Morgan fingerprint density at radius 1 is 1.60 bits per heavy atom. The number of rotatable bonds is 3. The van der Waals surface area contributed by atoms with E-state index in [1.165, 1.54) is 0 Å². The van der Waals surface area contributed by atoms with Crippen LogP contribution in [0, 0.1) is 0 Å². The largest absolute Gasteiger partial charge is 0.481 e. The second-order valence-corrected chi connectivity index (χ2v) is 3.23. The summed E-state index contributed by atoms with van der Waals surface area (Å²) >= 11 is 0. The molecule has 1 aromatic rings. The topological polar surface area (TPSA) is 76.2 Å². The molecule has 0 amide bonds. The molecule has 0 aliphatic heterocycles. The number of aliphatic carboxylic acids is 1. The molecule has 0 spiro atoms. The first-order valence-electron chi connectivity index (χ1n) is 3.93. The monoisotopic (exact) mass is 252 g/mol. The average Bonchev–Trinajstić information content (AvgIpc) is 2.04. The molecular formula is C9H14Cl2N2O2. The summed E-state index contributed by atoms with van der Waals surface area (Å²) in [5.41, 5.74) is 5.70. The van der Waals surface area contributed by atoms with Gasteiger partial charge in [-0.05, 0) is 18.6 Å². The molecule has 0 aliphatic rings. The number of pyridine rings is 1. The number of carboxylic acid groups (broad SMARTS) is 1. The Balaban J connectivity index is 0. The van der Waals surface area contributed by atoms with E-state index in [-0.39, 0.29) is 31.2 Å². The Morgan fingerprint density at radius 3 is 2.60 bits per heavy atom. The first-order valence-corrected chi connectivity index (χ1v) is 3.93. The molecule has 0 saturated carbocycles. The van der Waals surface area contributed by atoms with Gasteiger partial charge in [0.1, 0.15) is 0 Å². The molecule has 1 aromatic heterocycles. The quantitative estimate of drug-likeness (QED) is 0.857. The lowest BCUT2D eigenvalue weighted by Gasteiger charge is -2.22. The normalized spacial score (nSPS) is 12.9. The van der Waals surface area contributed by atoms with Crippen LogP contribution in [-0.4, -0.2) is 16.1 Å². The SMILES string of the molecule is CC(N)(CC(=O)O)c1cccnc1.Cl.Cl. The number of halogens is 2. The number of aromatic nitrogens is 1. The van der Waals surface area contributed by atoms with E-state index in [1.807, 2.05) is 0 Å². The van der Waals surface area contributed by atoms with Gasteiger partial charge >= 0.3 is 5.97 Å². The highest BCUT2D eigenvalue weighted by Gasteiger charge is 2.24. The highest BCUT2D eigenvalue weighted by atomic mass is 35.5. The maximum absolute atomic E-state index is 10.5. The van der Waals surface area contributed by atoms with Gasteiger partial charge in [-0.1, -0.05) is 6.07 Å². The molecule has 1 unspecified atom stereocenters. The Hall–Kier alpha value is -0.840. The minimum absolute atomic E-state index is 0. The van der Waals surface area contributed by atoms with Crippen LogP contribution in [0.2, 0.25) is 0 Å². The lowest BCUT2D eigenvalue weighted by molar-refractivity contribution is -0.138. The van der Waals surface area contributed by atoms with Crippen LogP contribution in [0.4, 0.5) is 0 Å². The number of carbonyl (C=O) groups is 1. The van der Waals surface area contributed by atoms with E-state index in [2.05, 4.69) is 4.98 Å². The van der Waals surface area contributed by atoms with Gasteiger partial charge in [0.25, 0.3) is 0 Å². The van der Waals surface area contributed by atoms with Gasteiger partial charge in [-0.2, -0.15) is 0 Å². The van der Waals surface area contributed by atoms with Gasteiger partial charge in [0.05, 0.1) is 12.0 Å². The van der Waals surface area contributed by atoms with Gasteiger partial charge in [-0.15, -0.1) is 24.8 Å². The smallest absolute Gasteiger partial charge is 0.305 e. The Kier molecular flexibility index (Phi) is 7.31. The molecule has 4 nitrogen and oxygen atoms in total. The number of nitrogens with zero attached hydrogens (tertiary/aromatic N) is 1. The summed E-state index contributed by atoms with van der Waals surface area (Å²) in [6.07, 6.45) is 3.11. The Bertz CT molecular complexity index is 304. The molecule has 6 heteroatoms. The van der Waals surface area contributed by atoms with Crippen molar-refractivity contribution >= 4 is 30.8 Å². The molecule has 15 heavy (non-hydrogen) atoms. The van der Waals surface area contributed by atoms with Crippen molar-refractivity contribution in [1.29, 1.82) is 0 Å². The maximum atomic E-state index is 10.5. The zero-order chi connectivity index (χ0) is 9.90. The van der Waals surface area contributed by atoms with Crippen LogP contribution in [0.5, 0.6) is 0 Å². The van der Waals surface area contributed by atoms with Crippen molar-refractivity contribution in [3.63, 3.8) is 0 Å². The first kappa shape index (κ1) is 16.6. The van der Waals surface area contributed by atoms with Crippen molar-refractivity contribution in [3.8, 4) is 0 Å². The summed E-state index contributed by atoms with van der Waals surface area (Å²) in [4.78, 5) is 14.4. The van der Waals surface area contributed by atoms with Gasteiger partial charge < -0.3 is 10.8 Å². The van der Waals surface area contributed by atoms with Gasteiger partial charge in [0, 0.05) is 12.4 Å². The fraction of sp³-hybridized carbons (Fsp3) is 0.333. The molecule has 1 rings (SSSR count). The number of carboxylic acids is 1. The van der Waals surface area contributed by atoms with Gasteiger partial charge in [-0.25, -0.2) is 0 Å². The summed E-state index contributed by atoms with van der Waals surface area (Å²) in [6, 6.07) is 3.51. The molecule has 3 N–H and O–H groups in total. The van der Waals surface area contributed by atoms with E-state index in [0.29, 0.717) is 0 Å². The van der Waals surface area contributed by atoms with Crippen LogP contribution in [0.1, 0.15) is 18.9 Å². The lowest BCUT2D eigenvalue weighted by Crippen LogP contribution is -2.35. The number of nitrogens with two attached hydrogens (primary N) is 1. The Labute approximate surface area is 101 Å². The first-order chi connectivity index (χ1) is 6.02. The van der Waals surface area contributed by atoms with Crippen LogP contribution >= 0.6 is 24.8 Å². The highest BCUT2D eigenvalue weighted by molar-refractivity contribution is 5.85. The molecular weight excluding hydrogens is 239 g/mol. The lowest BCUT2D eigenvalue weighted by atomic mass is 9.91. The second-order valence-electron chi connectivity index (χ2n) is 3.23. The summed E-state index contributed by atoms with van der Waals surface area (Å²) in [7, 11) is 0. The van der Waals surface area contributed by atoms with Gasteiger partial charge in [0.15, 0.2) is 0 Å². The van der Waals surface area contributed by atoms with E-state index < -0.39 is 11.5 Å². The molecule has 0 aromatic carbocycles. The summed E-state index contributed by atoms with van der Waals surface area (Å²) in [5, 5.41) is 8.61. The van der Waals surface area contributed by atoms with E-state index >= 15 is 0 Å². The molecule has 0 aliphatic carbocycles. The number of hydrogen-bond donors (Lipinski definition) is 2. The van der Waals surface area contributed by atoms with E-state index in [1.54, 1.807) is 31.5 Å². The zero-order valence-corrected chi connectivity index (χ0v) is 9.85. The van der Waals surface area contributed by atoms with E-state index in [9.17, 15) is 4.79 Å². The van der Waals surface area contributed by atoms with E-state index in [4.69, 9.17) is 10.8 Å². The van der Waals surface area contributed by atoms with Crippen molar-refractivity contribution in [2.45, 2.75) is 18.9 Å². The minimum atomic E-state index is -0.908. The highest BCUT2D eigenvalue weighted by Crippen LogP contribution is 2.19. The minimum Gasteiger partial charge on any atom is -0.481 e. The summed E-state index contributed by atoms with van der Waals surface area (Å²) < 4.78 is 0. The van der Waals surface area contributed by atoms with Gasteiger partial charge in [0.2, 0.25) is 0 Å². The molecule has 0 fully saturated rings. The van der Waals surface area contributed by atoms with Crippen molar-refractivity contribution < 1.29 is 9.90 Å². The van der Waals surface area contributed by atoms with Crippen molar-refractivity contribution in [1.82, 2.24) is 4.98 Å². The summed E-state index contributed by atoms with van der Waals surface area (Å²) in [5.74, 6) is -0.908. The number of hydrogen-bond acceptors (Lipinski definition) is 3. The van der Waals surface area contributed by atoms with Crippen molar-refractivity contribution in [2.24, 2.45) is 5.73 Å². The van der Waals surface area contributed by atoms with Crippen LogP contribution < -0.4 is 5.73 Å². The molecule has 1 heterocycles. The third-order valence-corrected chi connectivity index (χ3v) is 1.84. The molecule has 0 radical (unpaired) electrons. The van der Waals surface area contributed by atoms with Crippen LogP contribution in [-0.2, 0) is 10.3 Å². The fourth-order valence-corrected chi connectivity index (χ4v) is 1.12. The van der Waals surface area contributed by atoms with Crippen LogP contribution in [0.25, 0.3) is 0 Å². The fourth-order valence-electron chi connectivity index (χ4n) is 1.12. The Morgan fingerprint density at radius 2 is 2.20 bits per heavy atom. The second kappa shape index (κ2) is 6.61. The summed E-state index contributed by atoms with van der Waals surface area (Å²) in [6.45, 7) is 1.68.